The zero-order chi connectivity index (χ0) is 12.8. The zero-order valence-electron chi connectivity index (χ0n) is 8.92. The van der Waals surface area contributed by atoms with E-state index in [0.717, 1.165) is 0 Å². The molecule has 0 radical (unpaired) electrons. The second-order valence-electron chi connectivity index (χ2n) is 3.67. The first kappa shape index (κ1) is 15.7. The Morgan fingerprint density at radius 1 is 1.38 bits per heavy atom. The van der Waals surface area contributed by atoms with Crippen molar-refractivity contribution in [3.05, 3.63) is 0 Å². The largest absolute Gasteiger partial charge is 0.396 e. The minimum atomic E-state index is -4.33. The van der Waals surface area contributed by atoms with E-state index in [9.17, 15) is 21.6 Å². The molecule has 0 aromatic carbocycles. The van der Waals surface area contributed by atoms with E-state index in [1.165, 1.54) is 0 Å². The summed E-state index contributed by atoms with van der Waals surface area (Å²) in [5.74, 6) is -0.803. The highest BCUT2D eigenvalue weighted by Gasteiger charge is 2.27. The third-order valence-electron chi connectivity index (χ3n) is 1.84. The molecule has 1 unspecified atom stereocenters. The van der Waals surface area contributed by atoms with Crippen LogP contribution in [0.2, 0.25) is 0 Å². The van der Waals surface area contributed by atoms with Crippen LogP contribution in [0.3, 0.4) is 0 Å². The number of halogens is 3. The van der Waals surface area contributed by atoms with Crippen molar-refractivity contribution in [2.45, 2.75) is 25.9 Å². The molecular formula is C8H16F3NO3S. The molecular weight excluding hydrogens is 247 g/mol. The Bertz CT molecular complexity index is 289. The first-order chi connectivity index (χ1) is 7.16. The Hall–Kier alpha value is -0.340. The molecule has 98 valence electrons. The normalized spacial score (nSPS) is 15.1. The fraction of sp³-hybridized carbons (Fsp3) is 1.00. The standard InChI is InChI=1S/C8H16F3NO3S/c1-7(6-13)5-12-16(14,15)4-2-3-8(9,10)11/h7,12-13H,2-6H2,1H3. The van der Waals surface area contributed by atoms with Gasteiger partial charge in [0.2, 0.25) is 10.0 Å². The molecule has 16 heavy (non-hydrogen) atoms. The smallest absolute Gasteiger partial charge is 0.389 e. The molecule has 0 aromatic rings. The van der Waals surface area contributed by atoms with E-state index in [1.54, 1.807) is 6.92 Å². The maximum Gasteiger partial charge on any atom is 0.389 e. The summed E-state index contributed by atoms with van der Waals surface area (Å²) >= 11 is 0. The maximum atomic E-state index is 11.8. The van der Waals surface area contributed by atoms with Crippen molar-refractivity contribution in [1.29, 1.82) is 0 Å². The Kier molecular flexibility index (Phi) is 6.27. The lowest BCUT2D eigenvalue weighted by Gasteiger charge is -2.10. The van der Waals surface area contributed by atoms with Crippen molar-refractivity contribution < 1.29 is 26.7 Å². The number of sulfonamides is 1. The van der Waals surface area contributed by atoms with Gasteiger partial charge in [0.1, 0.15) is 0 Å². The topological polar surface area (TPSA) is 66.4 Å². The molecule has 8 heteroatoms. The van der Waals surface area contributed by atoms with Gasteiger partial charge in [-0.2, -0.15) is 13.2 Å². The van der Waals surface area contributed by atoms with Gasteiger partial charge in [0, 0.05) is 19.6 Å². The minimum absolute atomic E-state index is 0.0326. The van der Waals surface area contributed by atoms with Crippen molar-refractivity contribution >= 4 is 10.0 Å². The van der Waals surface area contributed by atoms with Gasteiger partial charge in [-0.15, -0.1) is 0 Å². The second kappa shape index (κ2) is 6.41. The third-order valence-corrected chi connectivity index (χ3v) is 3.27. The van der Waals surface area contributed by atoms with Crippen molar-refractivity contribution in [3.63, 3.8) is 0 Å². The van der Waals surface area contributed by atoms with E-state index >= 15 is 0 Å². The molecule has 0 saturated heterocycles. The van der Waals surface area contributed by atoms with Crippen LogP contribution in [0.4, 0.5) is 13.2 Å². The van der Waals surface area contributed by atoms with Crippen LogP contribution in [0.15, 0.2) is 0 Å². The number of aliphatic hydroxyl groups is 1. The highest BCUT2D eigenvalue weighted by atomic mass is 32.2. The molecule has 0 amide bonds. The van der Waals surface area contributed by atoms with Gasteiger partial charge >= 0.3 is 6.18 Å². The Morgan fingerprint density at radius 2 is 1.94 bits per heavy atom. The van der Waals surface area contributed by atoms with Crippen LogP contribution in [-0.4, -0.2) is 38.6 Å². The van der Waals surface area contributed by atoms with Crippen LogP contribution >= 0.6 is 0 Å². The lowest BCUT2D eigenvalue weighted by molar-refractivity contribution is -0.134. The van der Waals surface area contributed by atoms with E-state index < -0.39 is 34.8 Å². The Morgan fingerprint density at radius 3 is 2.38 bits per heavy atom. The Balaban J connectivity index is 3.89. The second-order valence-corrected chi connectivity index (χ2v) is 5.60. The molecule has 0 aliphatic rings. The molecule has 2 N–H and O–H groups in total. The predicted octanol–water partition coefficient (Wildman–Crippen LogP) is 0.877. The lowest BCUT2D eigenvalue weighted by Crippen LogP contribution is -2.31. The number of rotatable bonds is 7. The fourth-order valence-electron chi connectivity index (χ4n) is 0.869. The summed E-state index contributed by atoms with van der Waals surface area (Å²) in [6, 6.07) is 0. The molecule has 0 fully saturated rings. The average Bonchev–Trinajstić information content (AvgIpc) is 2.12. The Labute approximate surface area is 92.9 Å². The summed E-state index contributed by atoms with van der Waals surface area (Å²) in [7, 11) is -3.67. The van der Waals surface area contributed by atoms with Crippen molar-refractivity contribution in [2.24, 2.45) is 5.92 Å². The SMILES string of the molecule is CC(CO)CNS(=O)(=O)CCCC(F)(F)F. The van der Waals surface area contributed by atoms with Gasteiger partial charge in [0.25, 0.3) is 0 Å². The van der Waals surface area contributed by atoms with Crippen LogP contribution < -0.4 is 4.72 Å². The fourth-order valence-corrected chi connectivity index (χ4v) is 2.08. The monoisotopic (exact) mass is 263 g/mol. The van der Waals surface area contributed by atoms with Gasteiger partial charge < -0.3 is 5.11 Å². The number of alkyl halides is 3. The van der Waals surface area contributed by atoms with Gasteiger partial charge in [-0.1, -0.05) is 6.92 Å². The van der Waals surface area contributed by atoms with Crippen molar-refractivity contribution in [3.8, 4) is 0 Å². The summed E-state index contributed by atoms with van der Waals surface area (Å²) < 4.78 is 59.7. The number of aliphatic hydroxyl groups excluding tert-OH is 1. The summed E-state index contributed by atoms with van der Waals surface area (Å²) in [4.78, 5) is 0. The average molecular weight is 263 g/mol. The molecule has 4 nitrogen and oxygen atoms in total. The number of nitrogens with one attached hydrogen (secondary N) is 1. The van der Waals surface area contributed by atoms with E-state index in [1.807, 2.05) is 0 Å². The summed E-state index contributed by atoms with van der Waals surface area (Å²) in [6.07, 6.45) is -5.89. The van der Waals surface area contributed by atoms with E-state index in [2.05, 4.69) is 4.72 Å². The maximum absolute atomic E-state index is 11.8. The molecule has 0 aliphatic carbocycles. The van der Waals surface area contributed by atoms with E-state index in [0.29, 0.717) is 0 Å². The van der Waals surface area contributed by atoms with Gasteiger partial charge in [-0.25, -0.2) is 13.1 Å². The molecule has 0 spiro atoms. The highest BCUT2D eigenvalue weighted by Crippen LogP contribution is 2.21. The number of hydrogen-bond donors (Lipinski definition) is 2. The van der Waals surface area contributed by atoms with Crippen LogP contribution in [0.5, 0.6) is 0 Å². The summed E-state index contributed by atoms with van der Waals surface area (Å²) in [5, 5.41) is 8.63. The van der Waals surface area contributed by atoms with E-state index in [-0.39, 0.29) is 19.1 Å². The van der Waals surface area contributed by atoms with Crippen molar-refractivity contribution in [2.75, 3.05) is 18.9 Å². The molecule has 0 aliphatic heterocycles. The minimum Gasteiger partial charge on any atom is -0.396 e. The number of hydrogen-bond acceptors (Lipinski definition) is 3. The van der Waals surface area contributed by atoms with Gasteiger partial charge in [0.05, 0.1) is 5.75 Å². The molecule has 0 bridgehead atoms. The van der Waals surface area contributed by atoms with Gasteiger partial charge in [-0.05, 0) is 12.3 Å². The van der Waals surface area contributed by atoms with Gasteiger partial charge in [-0.3, -0.25) is 0 Å². The third kappa shape index (κ3) is 8.93. The van der Waals surface area contributed by atoms with Crippen LogP contribution in [0.1, 0.15) is 19.8 Å². The van der Waals surface area contributed by atoms with Crippen molar-refractivity contribution in [1.82, 2.24) is 4.72 Å². The molecule has 0 saturated carbocycles. The summed E-state index contributed by atoms with van der Waals surface area (Å²) in [5.41, 5.74) is 0. The molecule has 0 rings (SSSR count). The molecule has 1 atom stereocenters. The molecule has 0 heterocycles. The highest BCUT2D eigenvalue weighted by molar-refractivity contribution is 7.89. The van der Waals surface area contributed by atoms with Gasteiger partial charge in [0.15, 0.2) is 0 Å². The quantitative estimate of drug-likeness (QED) is 0.716. The van der Waals surface area contributed by atoms with Crippen LogP contribution in [-0.2, 0) is 10.0 Å². The lowest BCUT2D eigenvalue weighted by atomic mass is 10.2. The summed E-state index contributed by atoms with van der Waals surface area (Å²) in [6.45, 7) is 1.48. The van der Waals surface area contributed by atoms with Crippen LogP contribution in [0, 0.1) is 5.92 Å². The molecule has 0 aromatic heterocycles. The van der Waals surface area contributed by atoms with E-state index in [4.69, 9.17) is 5.11 Å². The first-order valence-electron chi connectivity index (χ1n) is 4.81. The van der Waals surface area contributed by atoms with Crippen LogP contribution in [0.25, 0.3) is 0 Å². The first-order valence-corrected chi connectivity index (χ1v) is 6.46. The predicted molar refractivity (Wildman–Crippen MR) is 53.3 cm³/mol. The zero-order valence-corrected chi connectivity index (χ0v) is 9.74.